The van der Waals surface area contributed by atoms with Gasteiger partial charge >= 0.3 is 0 Å². The van der Waals surface area contributed by atoms with Gasteiger partial charge in [-0.1, -0.05) is 31.5 Å². The highest BCUT2D eigenvalue weighted by Crippen LogP contribution is 2.27. The van der Waals surface area contributed by atoms with Crippen molar-refractivity contribution < 1.29 is 9.47 Å². The molecule has 0 bridgehead atoms. The Bertz CT molecular complexity index is 637. The zero-order valence-corrected chi connectivity index (χ0v) is 15.8. The molecule has 0 spiro atoms. The van der Waals surface area contributed by atoms with E-state index < -0.39 is 0 Å². The van der Waals surface area contributed by atoms with Crippen LogP contribution in [0.25, 0.3) is 0 Å². The molecule has 25 heavy (non-hydrogen) atoms. The molecule has 0 saturated carbocycles. The average molecular weight is 341 g/mol. The summed E-state index contributed by atoms with van der Waals surface area (Å²) in [6.07, 6.45) is 3.17. The Morgan fingerprint density at radius 3 is 2.28 bits per heavy atom. The smallest absolute Gasteiger partial charge is 0.119 e. The number of ether oxygens (including phenoxy) is 2. The van der Waals surface area contributed by atoms with Crippen molar-refractivity contribution in [3.05, 3.63) is 59.2 Å². The highest BCUT2D eigenvalue weighted by Gasteiger charge is 2.14. The minimum Gasteiger partial charge on any atom is -0.494 e. The zero-order valence-electron chi connectivity index (χ0n) is 15.8. The molecule has 0 heterocycles. The third-order valence-electron chi connectivity index (χ3n) is 4.45. The number of aryl methyl sites for hydroxylation is 1. The van der Waals surface area contributed by atoms with Gasteiger partial charge in [0.1, 0.15) is 11.5 Å². The van der Waals surface area contributed by atoms with Gasteiger partial charge in [-0.05, 0) is 74.2 Å². The number of hydrogen-bond donors (Lipinski definition) is 1. The number of rotatable bonds is 10. The van der Waals surface area contributed by atoms with Crippen LogP contribution in [0.5, 0.6) is 11.5 Å². The Labute approximate surface area is 152 Å². The molecule has 0 radical (unpaired) electrons. The SMILES string of the molecule is CCCCOc1ccc(CC(CN)c2ccc(OCC)cc2C)cc1. The van der Waals surface area contributed by atoms with E-state index in [-0.39, 0.29) is 0 Å². The largest absolute Gasteiger partial charge is 0.494 e. The molecule has 0 aliphatic heterocycles. The first-order valence-electron chi connectivity index (χ1n) is 9.33. The van der Waals surface area contributed by atoms with E-state index in [4.69, 9.17) is 15.2 Å². The van der Waals surface area contributed by atoms with Gasteiger partial charge < -0.3 is 15.2 Å². The van der Waals surface area contributed by atoms with E-state index in [9.17, 15) is 0 Å². The van der Waals surface area contributed by atoms with Crippen molar-refractivity contribution in [2.75, 3.05) is 19.8 Å². The van der Waals surface area contributed by atoms with Crippen LogP contribution in [0.1, 0.15) is 49.3 Å². The Morgan fingerprint density at radius 2 is 1.68 bits per heavy atom. The predicted octanol–water partition coefficient (Wildman–Crippen LogP) is 4.86. The van der Waals surface area contributed by atoms with Crippen LogP contribution in [-0.2, 0) is 6.42 Å². The summed E-state index contributed by atoms with van der Waals surface area (Å²) in [5, 5.41) is 0. The van der Waals surface area contributed by atoms with Crippen LogP contribution in [0.2, 0.25) is 0 Å². The first-order chi connectivity index (χ1) is 12.2. The third kappa shape index (κ3) is 5.79. The van der Waals surface area contributed by atoms with Gasteiger partial charge in [0.25, 0.3) is 0 Å². The highest BCUT2D eigenvalue weighted by molar-refractivity contribution is 5.38. The van der Waals surface area contributed by atoms with Crippen molar-refractivity contribution in [3.8, 4) is 11.5 Å². The summed E-state index contributed by atoms with van der Waals surface area (Å²) >= 11 is 0. The molecule has 2 aromatic carbocycles. The molecule has 1 atom stereocenters. The van der Waals surface area contributed by atoms with Crippen LogP contribution in [0, 0.1) is 6.92 Å². The monoisotopic (exact) mass is 341 g/mol. The summed E-state index contributed by atoms with van der Waals surface area (Å²) in [6.45, 7) is 8.40. The molecule has 0 amide bonds. The van der Waals surface area contributed by atoms with Gasteiger partial charge in [-0.15, -0.1) is 0 Å². The summed E-state index contributed by atoms with van der Waals surface area (Å²) in [4.78, 5) is 0. The zero-order chi connectivity index (χ0) is 18.1. The number of benzene rings is 2. The van der Waals surface area contributed by atoms with Crippen molar-refractivity contribution >= 4 is 0 Å². The first-order valence-corrected chi connectivity index (χ1v) is 9.33. The molecule has 3 nitrogen and oxygen atoms in total. The second kappa shape index (κ2) is 10.1. The Hall–Kier alpha value is -2.00. The van der Waals surface area contributed by atoms with E-state index in [2.05, 4.69) is 50.2 Å². The highest BCUT2D eigenvalue weighted by atomic mass is 16.5. The minimum absolute atomic E-state index is 0.308. The molecule has 136 valence electrons. The fourth-order valence-corrected chi connectivity index (χ4v) is 3.02. The van der Waals surface area contributed by atoms with Crippen LogP contribution in [0.3, 0.4) is 0 Å². The Kier molecular flexibility index (Phi) is 7.80. The van der Waals surface area contributed by atoms with Crippen molar-refractivity contribution in [1.82, 2.24) is 0 Å². The fourth-order valence-electron chi connectivity index (χ4n) is 3.02. The Balaban J connectivity index is 2.04. The molecule has 2 N–H and O–H groups in total. The fraction of sp³-hybridized carbons (Fsp3) is 0.455. The minimum atomic E-state index is 0.308. The molecule has 1 unspecified atom stereocenters. The third-order valence-corrected chi connectivity index (χ3v) is 4.45. The predicted molar refractivity (Wildman–Crippen MR) is 105 cm³/mol. The molecule has 0 fully saturated rings. The number of nitrogens with two attached hydrogens (primary N) is 1. The van der Waals surface area contributed by atoms with Crippen LogP contribution in [-0.4, -0.2) is 19.8 Å². The number of hydrogen-bond acceptors (Lipinski definition) is 3. The summed E-state index contributed by atoms with van der Waals surface area (Å²) in [6, 6.07) is 14.7. The van der Waals surface area contributed by atoms with Gasteiger partial charge in [0.2, 0.25) is 0 Å². The van der Waals surface area contributed by atoms with Crippen LogP contribution in [0.15, 0.2) is 42.5 Å². The first kappa shape index (κ1) is 19.3. The maximum Gasteiger partial charge on any atom is 0.119 e. The lowest BCUT2D eigenvalue weighted by atomic mass is 9.89. The van der Waals surface area contributed by atoms with E-state index in [0.717, 1.165) is 37.4 Å². The summed E-state index contributed by atoms with van der Waals surface area (Å²) in [5.41, 5.74) is 9.89. The second-order valence-electron chi connectivity index (χ2n) is 6.43. The molecule has 0 saturated heterocycles. The van der Waals surface area contributed by atoms with Gasteiger partial charge in [-0.3, -0.25) is 0 Å². The van der Waals surface area contributed by atoms with Gasteiger partial charge in [0.05, 0.1) is 13.2 Å². The van der Waals surface area contributed by atoms with Gasteiger partial charge in [-0.2, -0.15) is 0 Å². The second-order valence-corrected chi connectivity index (χ2v) is 6.43. The van der Waals surface area contributed by atoms with E-state index in [1.165, 1.54) is 16.7 Å². The number of unbranched alkanes of at least 4 members (excludes halogenated alkanes) is 1. The molecule has 0 aliphatic carbocycles. The summed E-state index contributed by atoms with van der Waals surface area (Å²) in [7, 11) is 0. The molecule has 2 aromatic rings. The lowest BCUT2D eigenvalue weighted by Gasteiger charge is -2.19. The normalized spacial score (nSPS) is 12.0. The summed E-state index contributed by atoms with van der Waals surface area (Å²) < 4.78 is 11.3. The van der Waals surface area contributed by atoms with Crippen LogP contribution >= 0.6 is 0 Å². The summed E-state index contributed by atoms with van der Waals surface area (Å²) in [5.74, 6) is 2.18. The quantitative estimate of drug-likeness (QED) is 0.628. The van der Waals surface area contributed by atoms with E-state index in [1.807, 2.05) is 13.0 Å². The molecule has 0 aromatic heterocycles. The van der Waals surface area contributed by atoms with Gasteiger partial charge in [-0.25, -0.2) is 0 Å². The van der Waals surface area contributed by atoms with Gasteiger partial charge in [0.15, 0.2) is 0 Å². The van der Waals surface area contributed by atoms with E-state index >= 15 is 0 Å². The molecular formula is C22H31NO2. The molecule has 2 rings (SSSR count). The maximum atomic E-state index is 6.07. The standard InChI is InChI=1S/C22H31NO2/c1-4-6-13-25-20-9-7-18(8-10-20)15-19(16-23)22-12-11-21(24-5-2)14-17(22)3/h7-12,14,19H,4-6,13,15-16,23H2,1-3H3. The van der Waals surface area contributed by atoms with Crippen LogP contribution < -0.4 is 15.2 Å². The lowest BCUT2D eigenvalue weighted by molar-refractivity contribution is 0.309. The van der Waals surface area contributed by atoms with Crippen LogP contribution in [0.4, 0.5) is 0 Å². The van der Waals surface area contributed by atoms with Crippen molar-refractivity contribution in [3.63, 3.8) is 0 Å². The van der Waals surface area contributed by atoms with Gasteiger partial charge in [0, 0.05) is 5.92 Å². The van der Waals surface area contributed by atoms with Crippen molar-refractivity contribution in [2.24, 2.45) is 5.73 Å². The lowest BCUT2D eigenvalue weighted by Crippen LogP contribution is -2.16. The Morgan fingerprint density at radius 1 is 0.960 bits per heavy atom. The van der Waals surface area contributed by atoms with E-state index in [0.29, 0.717) is 19.1 Å². The maximum absolute atomic E-state index is 6.07. The van der Waals surface area contributed by atoms with Crippen molar-refractivity contribution in [2.45, 2.75) is 46.0 Å². The topological polar surface area (TPSA) is 44.5 Å². The average Bonchev–Trinajstić information content (AvgIpc) is 2.62. The van der Waals surface area contributed by atoms with Crippen molar-refractivity contribution in [1.29, 1.82) is 0 Å². The molecule has 0 aliphatic rings. The molecule has 3 heteroatoms. The van der Waals surface area contributed by atoms with E-state index in [1.54, 1.807) is 0 Å². The molecular weight excluding hydrogens is 310 g/mol.